The number of carbonyl (C=O) groups excluding carboxylic acids is 2. The Morgan fingerprint density at radius 2 is 1.89 bits per heavy atom. The summed E-state index contributed by atoms with van der Waals surface area (Å²) in [4.78, 5) is 25.1. The molecule has 1 heterocycles. The van der Waals surface area contributed by atoms with E-state index < -0.39 is 27.9 Å². The lowest BCUT2D eigenvalue weighted by Crippen LogP contribution is -2.45. The SMILES string of the molecule is COc1cccc(NC(=O)[C@@H]2CCC(=O)N2S(=O)(=O)c2ccc(C)c(C)c2)c1. The zero-order valence-electron chi connectivity index (χ0n) is 15.9. The van der Waals surface area contributed by atoms with Gasteiger partial charge in [-0.2, -0.15) is 0 Å². The fraction of sp³-hybridized carbons (Fsp3) is 0.300. The Balaban J connectivity index is 1.89. The van der Waals surface area contributed by atoms with Gasteiger partial charge in [-0.25, -0.2) is 12.7 Å². The molecule has 1 fully saturated rings. The molecule has 1 aliphatic heterocycles. The highest BCUT2D eigenvalue weighted by molar-refractivity contribution is 7.89. The van der Waals surface area contributed by atoms with E-state index >= 15 is 0 Å². The highest BCUT2D eigenvalue weighted by Crippen LogP contribution is 2.29. The van der Waals surface area contributed by atoms with Crippen molar-refractivity contribution in [2.45, 2.75) is 37.6 Å². The number of nitrogens with zero attached hydrogens (tertiary/aromatic N) is 1. The van der Waals surface area contributed by atoms with Gasteiger partial charge in [0, 0.05) is 18.2 Å². The lowest BCUT2D eigenvalue weighted by atomic mass is 10.1. The van der Waals surface area contributed by atoms with Crippen LogP contribution in [0.2, 0.25) is 0 Å². The van der Waals surface area contributed by atoms with E-state index in [1.54, 1.807) is 37.3 Å². The van der Waals surface area contributed by atoms with Gasteiger partial charge in [0.1, 0.15) is 11.8 Å². The summed E-state index contributed by atoms with van der Waals surface area (Å²) in [7, 11) is -2.62. The van der Waals surface area contributed by atoms with Gasteiger partial charge >= 0.3 is 0 Å². The molecule has 0 saturated carbocycles. The maximum atomic E-state index is 13.1. The van der Waals surface area contributed by atoms with Gasteiger partial charge < -0.3 is 10.1 Å². The van der Waals surface area contributed by atoms with Crippen LogP contribution in [0.3, 0.4) is 0 Å². The first-order valence-electron chi connectivity index (χ1n) is 8.83. The monoisotopic (exact) mass is 402 g/mol. The summed E-state index contributed by atoms with van der Waals surface area (Å²) < 4.78 is 32.0. The standard InChI is InChI=1S/C20H22N2O5S/c1-13-7-8-17(11-14(13)2)28(25,26)22-18(9-10-19(22)23)20(24)21-15-5-4-6-16(12-15)27-3/h4-8,11-12,18H,9-10H2,1-3H3,(H,21,24)/t18-/m0/s1. The average Bonchev–Trinajstić information content (AvgIpc) is 3.06. The quantitative estimate of drug-likeness (QED) is 0.830. The Labute approximate surface area is 164 Å². The van der Waals surface area contributed by atoms with Crippen molar-refractivity contribution in [2.24, 2.45) is 0 Å². The molecular formula is C20H22N2O5S. The molecule has 28 heavy (non-hydrogen) atoms. The molecule has 1 saturated heterocycles. The summed E-state index contributed by atoms with van der Waals surface area (Å²) in [6.45, 7) is 3.67. The third-order valence-corrected chi connectivity index (χ3v) is 6.66. The summed E-state index contributed by atoms with van der Waals surface area (Å²) in [5, 5.41) is 2.68. The van der Waals surface area contributed by atoms with E-state index in [9.17, 15) is 18.0 Å². The number of ether oxygens (including phenoxy) is 1. The van der Waals surface area contributed by atoms with Crippen LogP contribution in [0.1, 0.15) is 24.0 Å². The van der Waals surface area contributed by atoms with Crippen LogP contribution in [0.15, 0.2) is 47.4 Å². The lowest BCUT2D eigenvalue weighted by Gasteiger charge is -2.24. The molecule has 3 rings (SSSR count). The molecule has 2 aromatic rings. The summed E-state index contributed by atoms with van der Waals surface area (Å²) in [6, 6.07) is 10.3. The number of sulfonamides is 1. The summed E-state index contributed by atoms with van der Waals surface area (Å²) in [5.41, 5.74) is 2.20. The number of benzene rings is 2. The molecular weight excluding hydrogens is 380 g/mol. The maximum absolute atomic E-state index is 13.1. The minimum atomic E-state index is -4.13. The largest absolute Gasteiger partial charge is 0.497 e. The van der Waals surface area contributed by atoms with Gasteiger partial charge in [0.2, 0.25) is 11.8 Å². The number of amides is 2. The van der Waals surface area contributed by atoms with E-state index in [0.717, 1.165) is 11.1 Å². The molecule has 0 aliphatic carbocycles. The van der Waals surface area contributed by atoms with Crippen LogP contribution in [0.25, 0.3) is 0 Å². The van der Waals surface area contributed by atoms with Crippen LogP contribution >= 0.6 is 0 Å². The number of hydrogen-bond donors (Lipinski definition) is 1. The van der Waals surface area contributed by atoms with Crippen molar-refractivity contribution < 1.29 is 22.7 Å². The van der Waals surface area contributed by atoms with Gasteiger partial charge in [0.15, 0.2) is 0 Å². The van der Waals surface area contributed by atoms with Crippen molar-refractivity contribution in [3.05, 3.63) is 53.6 Å². The van der Waals surface area contributed by atoms with Crippen LogP contribution in [-0.4, -0.2) is 37.7 Å². The zero-order chi connectivity index (χ0) is 20.5. The Hall–Kier alpha value is -2.87. The van der Waals surface area contributed by atoms with Crippen molar-refractivity contribution >= 4 is 27.5 Å². The molecule has 148 valence electrons. The van der Waals surface area contributed by atoms with Crippen LogP contribution in [-0.2, 0) is 19.6 Å². The molecule has 0 spiro atoms. The Morgan fingerprint density at radius 1 is 1.14 bits per heavy atom. The minimum Gasteiger partial charge on any atom is -0.497 e. The second kappa shape index (κ2) is 7.63. The topological polar surface area (TPSA) is 92.8 Å². The number of hydrogen-bond acceptors (Lipinski definition) is 5. The molecule has 1 N–H and O–H groups in total. The summed E-state index contributed by atoms with van der Waals surface area (Å²) in [5.74, 6) is -0.574. The fourth-order valence-electron chi connectivity index (χ4n) is 3.11. The van der Waals surface area contributed by atoms with Gasteiger partial charge in [-0.05, 0) is 55.7 Å². The average molecular weight is 402 g/mol. The van der Waals surface area contributed by atoms with E-state index in [1.807, 2.05) is 6.92 Å². The first-order valence-corrected chi connectivity index (χ1v) is 10.3. The Kier molecular flexibility index (Phi) is 5.42. The fourth-order valence-corrected chi connectivity index (χ4v) is 4.80. The molecule has 2 amide bonds. The highest BCUT2D eigenvalue weighted by Gasteiger charge is 2.44. The number of nitrogens with one attached hydrogen (secondary N) is 1. The van der Waals surface area contributed by atoms with E-state index in [4.69, 9.17) is 4.74 Å². The van der Waals surface area contributed by atoms with Gasteiger partial charge in [-0.3, -0.25) is 9.59 Å². The van der Waals surface area contributed by atoms with Crippen molar-refractivity contribution in [3.8, 4) is 5.75 Å². The number of aryl methyl sites for hydroxylation is 2. The molecule has 0 unspecified atom stereocenters. The molecule has 1 atom stereocenters. The predicted molar refractivity (Wildman–Crippen MR) is 105 cm³/mol. The minimum absolute atomic E-state index is 0.000269. The second-order valence-electron chi connectivity index (χ2n) is 6.72. The van der Waals surface area contributed by atoms with Crippen LogP contribution in [0.5, 0.6) is 5.75 Å². The highest BCUT2D eigenvalue weighted by atomic mass is 32.2. The second-order valence-corrected chi connectivity index (χ2v) is 8.53. The lowest BCUT2D eigenvalue weighted by molar-refractivity contribution is -0.128. The third kappa shape index (κ3) is 3.73. The third-order valence-electron chi connectivity index (χ3n) is 4.84. The van der Waals surface area contributed by atoms with Crippen LogP contribution < -0.4 is 10.1 Å². The Bertz CT molecular complexity index is 1030. The first kappa shape index (κ1) is 19.9. The van der Waals surface area contributed by atoms with Crippen molar-refractivity contribution in [1.82, 2.24) is 4.31 Å². The van der Waals surface area contributed by atoms with E-state index in [-0.39, 0.29) is 17.7 Å². The van der Waals surface area contributed by atoms with Crippen LogP contribution in [0.4, 0.5) is 5.69 Å². The maximum Gasteiger partial charge on any atom is 0.267 e. The molecule has 8 heteroatoms. The molecule has 0 aromatic heterocycles. The van der Waals surface area contributed by atoms with Gasteiger partial charge in [-0.15, -0.1) is 0 Å². The molecule has 7 nitrogen and oxygen atoms in total. The molecule has 2 aromatic carbocycles. The number of carbonyl (C=O) groups is 2. The van der Waals surface area contributed by atoms with Crippen molar-refractivity contribution in [2.75, 3.05) is 12.4 Å². The molecule has 0 bridgehead atoms. The van der Waals surface area contributed by atoms with E-state index in [1.165, 1.54) is 19.2 Å². The van der Waals surface area contributed by atoms with E-state index in [0.29, 0.717) is 15.7 Å². The number of methoxy groups -OCH3 is 1. The predicted octanol–water partition coefficient (Wildman–Crippen LogP) is 2.63. The normalized spacial score (nSPS) is 16.9. The van der Waals surface area contributed by atoms with E-state index in [2.05, 4.69) is 5.32 Å². The van der Waals surface area contributed by atoms with Gasteiger partial charge in [0.25, 0.3) is 10.0 Å². The zero-order valence-corrected chi connectivity index (χ0v) is 16.7. The first-order chi connectivity index (χ1) is 13.2. The summed E-state index contributed by atoms with van der Waals surface area (Å²) >= 11 is 0. The van der Waals surface area contributed by atoms with Crippen molar-refractivity contribution in [3.63, 3.8) is 0 Å². The molecule has 1 aliphatic rings. The van der Waals surface area contributed by atoms with Crippen LogP contribution in [0, 0.1) is 13.8 Å². The smallest absolute Gasteiger partial charge is 0.267 e. The van der Waals surface area contributed by atoms with Gasteiger partial charge in [-0.1, -0.05) is 12.1 Å². The Morgan fingerprint density at radius 3 is 2.57 bits per heavy atom. The van der Waals surface area contributed by atoms with Gasteiger partial charge in [0.05, 0.1) is 12.0 Å². The molecule has 0 radical (unpaired) electrons. The number of anilines is 1. The van der Waals surface area contributed by atoms with Crippen molar-refractivity contribution in [1.29, 1.82) is 0 Å². The summed E-state index contributed by atoms with van der Waals surface area (Å²) in [6.07, 6.45) is 0.138. The number of rotatable bonds is 5.